The molecular formula is C23H26N8O10. The molecule has 1 aromatic carbocycles. The molecule has 2 unspecified atom stereocenters. The number of aromatic amines is 1. The molecule has 41 heavy (non-hydrogen) atoms. The predicted octanol–water partition coefficient (Wildman–Crippen LogP) is -1.17. The number of nitrogens with two attached hydrogens (primary N) is 2. The van der Waals surface area contributed by atoms with Crippen LogP contribution in [-0.4, -0.2) is 82.2 Å². The topological polar surface area (TPSA) is 314 Å². The maximum atomic E-state index is 12.3. The van der Waals surface area contributed by atoms with Crippen LogP contribution in [0.1, 0.15) is 35.3 Å². The lowest BCUT2D eigenvalue weighted by Gasteiger charge is -2.14. The van der Waals surface area contributed by atoms with E-state index in [1.165, 1.54) is 18.3 Å². The molecule has 1 amide bonds. The van der Waals surface area contributed by atoms with Gasteiger partial charge >= 0.3 is 23.9 Å². The number of benzene rings is 1. The summed E-state index contributed by atoms with van der Waals surface area (Å²) in [5.74, 6) is -5.65. The van der Waals surface area contributed by atoms with Crippen molar-refractivity contribution in [1.82, 2.24) is 25.3 Å². The second-order valence-corrected chi connectivity index (χ2v) is 8.25. The van der Waals surface area contributed by atoms with Gasteiger partial charge in [-0.05, 0) is 30.7 Å². The fourth-order valence-corrected chi connectivity index (χ4v) is 3.03. The van der Waals surface area contributed by atoms with Crippen LogP contribution < -0.4 is 27.7 Å². The summed E-state index contributed by atoms with van der Waals surface area (Å²) in [4.78, 5) is 80.2. The molecule has 0 bridgehead atoms. The van der Waals surface area contributed by atoms with Crippen LogP contribution in [0.25, 0.3) is 11.2 Å². The molecule has 218 valence electrons. The van der Waals surface area contributed by atoms with Gasteiger partial charge in [0.2, 0.25) is 5.95 Å². The number of hydrogen-bond acceptors (Lipinski definition) is 12. The molecule has 0 aliphatic heterocycles. The first-order valence-corrected chi connectivity index (χ1v) is 11.6. The Morgan fingerprint density at radius 2 is 1.61 bits per heavy atom. The monoisotopic (exact) mass is 574 g/mol. The van der Waals surface area contributed by atoms with Gasteiger partial charge in [-0.3, -0.25) is 29.0 Å². The van der Waals surface area contributed by atoms with Crippen molar-refractivity contribution >= 4 is 52.6 Å². The first-order valence-electron chi connectivity index (χ1n) is 11.6. The van der Waals surface area contributed by atoms with Crippen LogP contribution in [-0.2, 0) is 25.7 Å². The van der Waals surface area contributed by atoms with Crippen molar-refractivity contribution in [2.24, 2.45) is 5.73 Å². The summed E-state index contributed by atoms with van der Waals surface area (Å²) in [7, 11) is 0. The molecule has 0 saturated heterocycles. The van der Waals surface area contributed by atoms with Crippen LogP contribution >= 0.6 is 0 Å². The number of nitrogens with zero attached hydrogens (tertiary/aromatic N) is 3. The number of aliphatic carboxylic acids is 4. The van der Waals surface area contributed by atoms with Crippen molar-refractivity contribution in [3.8, 4) is 0 Å². The molecule has 0 fully saturated rings. The first kappa shape index (κ1) is 31.6. The van der Waals surface area contributed by atoms with E-state index in [1.54, 1.807) is 12.1 Å². The zero-order valence-corrected chi connectivity index (χ0v) is 21.1. The molecular weight excluding hydrogens is 548 g/mol. The molecule has 11 N–H and O–H groups in total. The third-order valence-electron chi connectivity index (χ3n) is 5.07. The lowest BCUT2D eigenvalue weighted by molar-refractivity contribution is -0.144. The van der Waals surface area contributed by atoms with Crippen LogP contribution in [0.5, 0.6) is 0 Å². The third kappa shape index (κ3) is 10.2. The Balaban J connectivity index is 0.000000564. The third-order valence-corrected chi connectivity index (χ3v) is 5.07. The minimum Gasteiger partial charge on any atom is -0.481 e. The molecule has 0 radical (unpaired) electrons. The van der Waals surface area contributed by atoms with E-state index in [2.05, 4.69) is 30.6 Å². The SMILES string of the molecule is NC(CC(=O)O)C(=O)O.Nc1nc2ncc(CNc3ccc(C(=O)NC(CCC(=O)O)C(=O)O)cc3)nc2c(=O)[nH]1. The van der Waals surface area contributed by atoms with Gasteiger partial charge in [-0.2, -0.15) is 4.98 Å². The molecule has 18 nitrogen and oxygen atoms in total. The van der Waals surface area contributed by atoms with Gasteiger partial charge in [0.25, 0.3) is 11.5 Å². The van der Waals surface area contributed by atoms with E-state index in [1.807, 2.05) is 0 Å². The lowest BCUT2D eigenvalue weighted by Crippen LogP contribution is -2.41. The second kappa shape index (κ2) is 14.5. The van der Waals surface area contributed by atoms with E-state index in [4.69, 9.17) is 31.9 Å². The van der Waals surface area contributed by atoms with Gasteiger partial charge in [0.15, 0.2) is 11.2 Å². The number of carbonyl (C=O) groups is 5. The van der Waals surface area contributed by atoms with Crippen molar-refractivity contribution in [1.29, 1.82) is 0 Å². The molecule has 0 aliphatic carbocycles. The highest BCUT2D eigenvalue weighted by Crippen LogP contribution is 2.12. The lowest BCUT2D eigenvalue weighted by atomic mass is 10.1. The number of fused-ring (bicyclic) bond motifs is 1. The summed E-state index contributed by atoms with van der Waals surface area (Å²) >= 11 is 0. The molecule has 0 saturated carbocycles. The maximum absolute atomic E-state index is 12.3. The average Bonchev–Trinajstić information content (AvgIpc) is 2.89. The number of anilines is 2. The minimum atomic E-state index is -1.31. The molecule has 3 rings (SSSR count). The number of carbonyl (C=O) groups excluding carboxylic acids is 1. The van der Waals surface area contributed by atoms with Crippen molar-refractivity contribution in [3.63, 3.8) is 0 Å². The number of amides is 1. The number of carboxylic acids is 4. The highest BCUT2D eigenvalue weighted by molar-refractivity contribution is 5.97. The van der Waals surface area contributed by atoms with Gasteiger partial charge in [-0.25, -0.2) is 14.8 Å². The summed E-state index contributed by atoms with van der Waals surface area (Å²) < 4.78 is 0. The van der Waals surface area contributed by atoms with E-state index < -0.39 is 53.8 Å². The molecule has 2 aromatic heterocycles. The second-order valence-electron chi connectivity index (χ2n) is 8.25. The zero-order valence-electron chi connectivity index (χ0n) is 21.1. The maximum Gasteiger partial charge on any atom is 0.326 e. The first-order chi connectivity index (χ1) is 19.3. The number of aromatic nitrogens is 4. The van der Waals surface area contributed by atoms with E-state index in [0.29, 0.717) is 11.4 Å². The molecule has 0 spiro atoms. The Morgan fingerprint density at radius 1 is 0.951 bits per heavy atom. The Kier molecular flexibility index (Phi) is 11.2. The Hall–Kier alpha value is -5.65. The number of H-pyrrole nitrogens is 1. The quantitative estimate of drug-likeness (QED) is 0.123. The van der Waals surface area contributed by atoms with Crippen LogP contribution in [0, 0.1) is 0 Å². The highest BCUT2D eigenvalue weighted by atomic mass is 16.4. The van der Waals surface area contributed by atoms with Gasteiger partial charge in [-0.1, -0.05) is 0 Å². The number of hydrogen-bond donors (Lipinski definition) is 9. The Bertz CT molecular complexity index is 1490. The number of nitrogen functional groups attached to an aromatic ring is 1. The number of carboxylic acid groups (broad SMARTS) is 4. The van der Waals surface area contributed by atoms with Crippen molar-refractivity contribution in [2.45, 2.75) is 37.9 Å². The van der Waals surface area contributed by atoms with Crippen molar-refractivity contribution in [2.75, 3.05) is 11.1 Å². The van der Waals surface area contributed by atoms with Crippen LogP contribution in [0.4, 0.5) is 11.6 Å². The Labute approximate surface area is 229 Å². The van der Waals surface area contributed by atoms with Gasteiger partial charge in [0.05, 0.1) is 24.9 Å². The zero-order chi connectivity index (χ0) is 30.7. The van der Waals surface area contributed by atoms with Gasteiger partial charge in [-0.15, -0.1) is 0 Å². The van der Waals surface area contributed by atoms with Crippen LogP contribution in [0.2, 0.25) is 0 Å². The van der Waals surface area contributed by atoms with E-state index in [9.17, 15) is 28.8 Å². The average molecular weight is 575 g/mol. The fraction of sp³-hybridized carbons (Fsp3) is 0.261. The predicted molar refractivity (Wildman–Crippen MR) is 140 cm³/mol. The molecule has 2 atom stereocenters. The van der Waals surface area contributed by atoms with Gasteiger partial charge in [0.1, 0.15) is 12.1 Å². The van der Waals surface area contributed by atoms with Crippen LogP contribution in [0.3, 0.4) is 0 Å². The van der Waals surface area contributed by atoms with Gasteiger partial charge < -0.3 is 42.5 Å². The summed E-state index contributed by atoms with van der Waals surface area (Å²) in [5, 5.41) is 39.2. The number of rotatable bonds is 12. The molecule has 0 aliphatic rings. The van der Waals surface area contributed by atoms with Crippen molar-refractivity contribution < 1.29 is 44.4 Å². The number of nitrogens with one attached hydrogen (secondary N) is 3. The normalized spacial score (nSPS) is 11.8. The highest BCUT2D eigenvalue weighted by Gasteiger charge is 2.21. The van der Waals surface area contributed by atoms with Gasteiger partial charge in [0, 0.05) is 17.7 Å². The minimum absolute atomic E-state index is 0.0524. The van der Waals surface area contributed by atoms with E-state index in [-0.39, 0.29) is 42.1 Å². The van der Waals surface area contributed by atoms with Crippen LogP contribution in [0.15, 0.2) is 35.3 Å². The summed E-state index contributed by atoms with van der Waals surface area (Å²) in [5.41, 5.74) is 11.3. The summed E-state index contributed by atoms with van der Waals surface area (Å²) in [6.07, 6.45) is 0.308. The summed E-state index contributed by atoms with van der Waals surface area (Å²) in [6.45, 7) is 0.231. The van der Waals surface area contributed by atoms with E-state index >= 15 is 0 Å². The smallest absolute Gasteiger partial charge is 0.326 e. The Morgan fingerprint density at radius 3 is 2.15 bits per heavy atom. The fourth-order valence-electron chi connectivity index (χ4n) is 3.03. The van der Waals surface area contributed by atoms with Crippen molar-refractivity contribution in [3.05, 3.63) is 52.1 Å². The molecule has 3 aromatic rings. The molecule has 18 heteroatoms. The molecule has 2 heterocycles. The van der Waals surface area contributed by atoms with E-state index in [0.717, 1.165) is 0 Å². The largest absolute Gasteiger partial charge is 0.481 e. The standard InChI is InChI=1S/C19H19N7O6.C4H7NO4/c20-19-25-15-14(17(30)26-19)23-11(8-22-15)7-21-10-3-1-9(2-4-10)16(29)24-12(18(31)32)5-6-13(27)28;5-2(4(8)9)1-3(6)7/h1-4,8,12,21H,5-7H2,(H,24,29)(H,27,28)(H,31,32)(H3,20,22,25,26,30);2H,1,5H2,(H,6,7)(H,8,9). The summed E-state index contributed by atoms with van der Waals surface area (Å²) in [6, 6.07) is 3.57.